The third kappa shape index (κ3) is 4.29. The summed E-state index contributed by atoms with van der Waals surface area (Å²) in [6.45, 7) is 0. The molecule has 1 unspecified atom stereocenters. The van der Waals surface area contributed by atoms with Gasteiger partial charge in [-0.25, -0.2) is 13.4 Å². The van der Waals surface area contributed by atoms with E-state index < -0.39 is 9.84 Å². The van der Waals surface area contributed by atoms with Crippen LogP contribution in [0.1, 0.15) is 16.8 Å². The first kappa shape index (κ1) is 17.7. The molecule has 1 atom stereocenters. The van der Waals surface area contributed by atoms with E-state index in [1.807, 2.05) is 4.90 Å². The van der Waals surface area contributed by atoms with Gasteiger partial charge in [0.2, 0.25) is 0 Å². The van der Waals surface area contributed by atoms with Gasteiger partial charge in [-0.1, -0.05) is 11.6 Å². The molecule has 2 heterocycles. The van der Waals surface area contributed by atoms with Gasteiger partial charge in [0.15, 0.2) is 9.84 Å². The number of pyridine rings is 1. The summed E-state index contributed by atoms with van der Waals surface area (Å²) in [6.07, 6.45) is 2.12. The normalized spacial score (nSPS) is 18.7. The van der Waals surface area contributed by atoms with Crippen molar-refractivity contribution in [2.75, 3.05) is 28.8 Å². The quantitative estimate of drug-likeness (QED) is 0.883. The lowest BCUT2D eigenvalue weighted by atomic mass is 10.2. The van der Waals surface area contributed by atoms with E-state index >= 15 is 0 Å². The van der Waals surface area contributed by atoms with Crippen molar-refractivity contribution in [3.63, 3.8) is 0 Å². The molecule has 6 nitrogen and oxygen atoms in total. The zero-order valence-electron chi connectivity index (χ0n) is 13.6. The van der Waals surface area contributed by atoms with Crippen molar-refractivity contribution in [2.24, 2.45) is 0 Å². The number of hydrogen-bond acceptors (Lipinski definition) is 5. The average Bonchev–Trinajstić information content (AvgIpc) is 2.96. The van der Waals surface area contributed by atoms with Crippen LogP contribution in [0.25, 0.3) is 0 Å². The summed E-state index contributed by atoms with van der Waals surface area (Å²) in [4.78, 5) is 18.5. The number of benzene rings is 1. The van der Waals surface area contributed by atoms with Gasteiger partial charge in [0.25, 0.3) is 5.91 Å². The van der Waals surface area contributed by atoms with Crippen molar-refractivity contribution in [1.82, 2.24) is 4.98 Å². The molecule has 1 N–H and O–H groups in total. The van der Waals surface area contributed by atoms with Gasteiger partial charge in [-0.15, -0.1) is 0 Å². The van der Waals surface area contributed by atoms with Gasteiger partial charge in [-0.3, -0.25) is 4.79 Å². The zero-order valence-corrected chi connectivity index (χ0v) is 15.2. The van der Waals surface area contributed by atoms with Crippen molar-refractivity contribution >= 4 is 38.9 Å². The topological polar surface area (TPSA) is 79.4 Å². The number of halogens is 1. The second-order valence-electron chi connectivity index (χ2n) is 6.03. The zero-order chi connectivity index (χ0) is 18.0. The second kappa shape index (κ2) is 7.01. The van der Waals surface area contributed by atoms with Crippen LogP contribution in [0, 0.1) is 0 Å². The van der Waals surface area contributed by atoms with Crippen molar-refractivity contribution in [3.8, 4) is 0 Å². The Hall–Kier alpha value is -2.12. The molecule has 2 aromatic rings. The molecule has 8 heteroatoms. The highest BCUT2D eigenvalue weighted by molar-refractivity contribution is 7.91. The van der Waals surface area contributed by atoms with Crippen LogP contribution in [-0.2, 0) is 9.84 Å². The maximum absolute atomic E-state index is 12.4. The first-order chi connectivity index (χ1) is 11.8. The molecule has 0 saturated carbocycles. The predicted molar refractivity (Wildman–Crippen MR) is 99.1 cm³/mol. The van der Waals surface area contributed by atoms with Gasteiger partial charge in [0.1, 0.15) is 5.82 Å². The van der Waals surface area contributed by atoms with E-state index in [2.05, 4.69) is 10.3 Å². The van der Waals surface area contributed by atoms with E-state index in [4.69, 9.17) is 11.6 Å². The maximum Gasteiger partial charge on any atom is 0.255 e. The third-order valence-electron chi connectivity index (χ3n) is 4.23. The molecule has 1 aliphatic heterocycles. The van der Waals surface area contributed by atoms with E-state index in [1.54, 1.807) is 49.6 Å². The minimum absolute atomic E-state index is 0.117. The van der Waals surface area contributed by atoms with Crippen LogP contribution >= 0.6 is 11.6 Å². The summed E-state index contributed by atoms with van der Waals surface area (Å²) in [6, 6.07) is 10.00. The first-order valence-electron chi connectivity index (χ1n) is 7.80. The van der Waals surface area contributed by atoms with Crippen LogP contribution in [-0.4, -0.2) is 43.9 Å². The lowest BCUT2D eigenvalue weighted by Gasteiger charge is -2.24. The fraction of sp³-hybridized carbons (Fsp3) is 0.294. The van der Waals surface area contributed by atoms with E-state index in [-0.39, 0.29) is 23.5 Å². The molecule has 1 saturated heterocycles. The van der Waals surface area contributed by atoms with Crippen LogP contribution in [0.3, 0.4) is 0 Å². The van der Waals surface area contributed by atoms with E-state index in [9.17, 15) is 13.2 Å². The highest BCUT2D eigenvalue weighted by Gasteiger charge is 2.31. The molecule has 0 radical (unpaired) electrons. The van der Waals surface area contributed by atoms with Crippen LogP contribution in [0.4, 0.5) is 11.5 Å². The molecule has 1 fully saturated rings. The van der Waals surface area contributed by atoms with Crippen LogP contribution in [0.2, 0.25) is 5.02 Å². The highest BCUT2D eigenvalue weighted by Crippen LogP contribution is 2.22. The average molecular weight is 380 g/mol. The molecule has 3 rings (SSSR count). The van der Waals surface area contributed by atoms with Crippen LogP contribution in [0.5, 0.6) is 0 Å². The molecule has 0 spiro atoms. The largest absolute Gasteiger partial charge is 0.356 e. The van der Waals surface area contributed by atoms with E-state index in [0.29, 0.717) is 28.5 Å². The molecule has 1 aromatic carbocycles. The molecule has 0 aliphatic carbocycles. The minimum atomic E-state index is -2.98. The fourth-order valence-corrected chi connectivity index (χ4v) is 4.66. The van der Waals surface area contributed by atoms with Crippen LogP contribution < -0.4 is 10.2 Å². The SMILES string of the molecule is CN(c1cc(C(=O)Nc2ccc(Cl)cc2)ccn1)C1CCS(=O)(=O)C1. The van der Waals surface area contributed by atoms with Gasteiger partial charge >= 0.3 is 0 Å². The molecule has 132 valence electrons. The van der Waals surface area contributed by atoms with Gasteiger partial charge in [0, 0.05) is 35.6 Å². The monoisotopic (exact) mass is 379 g/mol. The molecular formula is C17H18ClN3O3S. The summed E-state index contributed by atoms with van der Waals surface area (Å²) in [5.41, 5.74) is 1.09. The van der Waals surface area contributed by atoms with Gasteiger partial charge < -0.3 is 10.2 Å². The minimum Gasteiger partial charge on any atom is -0.356 e. The summed E-state index contributed by atoms with van der Waals surface area (Å²) in [5, 5.41) is 3.39. The Morgan fingerprint density at radius 2 is 2.00 bits per heavy atom. The number of rotatable bonds is 4. The Bertz CT molecular complexity index is 884. The summed E-state index contributed by atoms with van der Waals surface area (Å²) in [5.74, 6) is 0.620. The highest BCUT2D eigenvalue weighted by atomic mass is 35.5. The molecule has 0 bridgehead atoms. The lowest BCUT2D eigenvalue weighted by Crippen LogP contribution is -2.33. The summed E-state index contributed by atoms with van der Waals surface area (Å²) in [7, 11) is -1.18. The summed E-state index contributed by atoms with van der Waals surface area (Å²) >= 11 is 5.83. The molecule has 25 heavy (non-hydrogen) atoms. The Morgan fingerprint density at radius 1 is 1.28 bits per heavy atom. The fourth-order valence-electron chi connectivity index (χ4n) is 2.76. The Balaban J connectivity index is 1.74. The number of anilines is 2. The van der Waals surface area contributed by atoms with E-state index in [1.165, 1.54) is 0 Å². The van der Waals surface area contributed by atoms with Crippen molar-refractivity contribution in [3.05, 3.63) is 53.2 Å². The predicted octanol–water partition coefficient (Wildman–Crippen LogP) is 2.61. The number of nitrogens with one attached hydrogen (secondary N) is 1. The second-order valence-corrected chi connectivity index (χ2v) is 8.70. The Labute approximate surface area is 151 Å². The number of carbonyl (C=O) groups excluding carboxylic acids is 1. The van der Waals surface area contributed by atoms with Gasteiger partial charge in [-0.2, -0.15) is 0 Å². The molecule has 1 amide bonds. The van der Waals surface area contributed by atoms with Gasteiger partial charge in [0.05, 0.1) is 11.5 Å². The number of hydrogen-bond donors (Lipinski definition) is 1. The van der Waals surface area contributed by atoms with Crippen molar-refractivity contribution in [1.29, 1.82) is 0 Å². The molecule has 1 aromatic heterocycles. The lowest BCUT2D eigenvalue weighted by molar-refractivity contribution is 0.102. The van der Waals surface area contributed by atoms with E-state index in [0.717, 1.165) is 0 Å². The number of amides is 1. The Kier molecular flexibility index (Phi) is 4.96. The number of nitrogens with zero attached hydrogens (tertiary/aromatic N) is 2. The van der Waals surface area contributed by atoms with Crippen LogP contribution in [0.15, 0.2) is 42.6 Å². The number of carbonyl (C=O) groups is 1. The standard InChI is InChI=1S/C17H18ClN3O3S/c1-21(15-7-9-25(23,24)11-15)16-10-12(6-8-19-16)17(22)20-14-4-2-13(18)3-5-14/h2-6,8,10,15H,7,9,11H2,1H3,(H,20,22). The molecule has 1 aliphatic rings. The summed E-state index contributed by atoms with van der Waals surface area (Å²) < 4.78 is 23.3. The first-order valence-corrected chi connectivity index (χ1v) is 10.0. The Morgan fingerprint density at radius 3 is 2.64 bits per heavy atom. The van der Waals surface area contributed by atoms with Gasteiger partial charge in [-0.05, 0) is 42.8 Å². The smallest absolute Gasteiger partial charge is 0.255 e. The van der Waals surface area contributed by atoms with Crippen molar-refractivity contribution < 1.29 is 13.2 Å². The third-order valence-corrected chi connectivity index (χ3v) is 6.23. The maximum atomic E-state index is 12.4. The molecular weight excluding hydrogens is 362 g/mol. The van der Waals surface area contributed by atoms with Crippen molar-refractivity contribution in [2.45, 2.75) is 12.5 Å². The number of aromatic nitrogens is 1. The number of sulfone groups is 1.